The Bertz CT molecular complexity index is 349. The summed E-state index contributed by atoms with van der Waals surface area (Å²) in [5.41, 5.74) is 1.19. The Hall–Kier alpha value is -1.31. The number of aliphatic carboxylic acids is 1. The molecule has 5 nitrogen and oxygen atoms in total. The number of nitrogens with one attached hydrogen (secondary N) is 1. The average Bonchev–Trinajstić information content (AvgIpc) is 2.42. The van der Waals surface area contributed by atoms with Crippen LogP contribution in [0.25, 0.3) is 0 Å². The highest BCUT2D eigenvalue weighted by atomic mass is 19.4. The van der Waals surface area contributed by atoms with E-state index in [-0.39, 0.29) is 5.60 Å². The molecular formula is C10H15F3N2O3. The van der Waals surface area contributed by atoms with E-state index >= 15 is 0 Å². The van der Waals surface area contributed by atoms with Gasteiger partial charge in [-0.1, -0.05) is 5.16 Å². The minimum Gasteiger partial charge on any atom is -0.475 e. The number of carboxylic acids is 1. The molecule has 104 valence electrons. The monoisotopic (exact) mass is 268 g/mol. The van der Waals surface area contributed by atoms with Crippen LogP contribution in [0.1, 0.15) is 20.3 Å². The molecule has 0 amide bonds. The fourth-order valence-corrected chi connectivity index (χ4v) is 1.43. The lowest BCUT2D eigenvalue weighted by atomic mass is 9.90. The molecule has 1 saturated heterocycles. The number of carbonyl (C=O) groups is 1. The van der Waals surface area contributed by atoms with Gasteiger partial charge in [0.2, 0.25) is 0 Å². The second kappa shape index (κ2) is 5.13. The normalized spacial score (nSPS) is 22.2. The molecule has 0 unspecified atom stereocenters. The van der Waals surface area contributed by atoms with Crippen LogP contribution in [0.3, 0.4) is 0 Å². The fourth-order valence-electron chi connectivity index (χ4n) is 1.43. The van der Waals surface area contributed by atoms with Crippen molar-refractivity contribution in [2.24, 2.45) is 11.1 Å². The SMILES string of the molecule is CC1(C)CC(C2CNC2)=NO1.O=C(O)C(F)(F)F. The van der Waals surface area contributed by atoms with Gasteiger partial charge in [0.05, 0.1) is 5.71 Å². The molecule has 2 aliphatic heterocycles. The first-order valence-electron chi connectivity index (χ1n) is 5.37. The van der Waals surface area contributed by atoms with Crippen LogP contribution >= 0.6 is 0 Å². The smallest absolute Gasteiger partial charge is 0.475 e. The molecule has 8 heteroatoms. The minimum atomic E-state index is -5.08. The largest absolute Gasteiger partial charge is 0.490 e. The minimum absolute atomic E-state index is 0.0507. The van der Waals surface area contributed by atoms with Crippen LogP contribution in [0.4, 0.5) is 13.2 Å². The lowest BCUT2D eigenvalue weighted by Gasteiger charge is -2.26. The van der Waals surface area contributed by atoms with Crippen molar-refractivity contribution in [2.75, 3.05) is 13.1 Å². The summed E-state index contributed by atoms with van der Waals surface area (Å²) in [6, 6.07) is 0. The number of carboxylic acid groups (broad SMARTS) is 1. The average molecular weight is 268 g/mol. The van der Waals surface area contributed by atoms with Gasteiger partial charge in [0.1, 0.15) is 5.60 Å². The van der Waals surface area contributed by atoms with Crippen LogP contribution < -0.4 is 5.32 Å². The Balaban J connectivity index is 0.000000203. The molecule has 2 aliphatic rings. The molecule has 2 N–H and O–H groups in total. The van der Waals surface area contributed by atoms with Crippen molar-refractivity contribution < 1.29 is 27.9 Å². The predicted octanol–water partition coefficient (Wildman–Crippen LogP) is 1.39. The van der Waals surface area contributed by atoms with Gasteiger partial charge in [0, 0.05) is 25.4 Å². The summed E-state index contributed by atoms with van der Waals surface area (Å²) < 4.78 is 31.7. The van der Waals surface area contributed by atoms with E-state index in [9.17, 15) is 13.2 Å². The zero-order valence-corrected chi connectivity index (χ0v) is 10.0. The second-order valence-electron chi connectivity index (χ2n) is 4.77. The summed E-state index contributed by atoms with van der Waals surface area (Å²) >= 11 is 0. The molecule has 1 fully saturated rings. The van der Waals surface area contributed by atoms with E-state index in [0.717, 1.165) is 19.5 Å². The number of alkyl halides is 3. The summed E-state index contributed by atoms with van der Waals surface area (Å²) in [5.74, 6) is -2.11. The first kappa shape index (κ1) is 14.7. The van der Waals surface area contributed by atoms with E-state index in [1.165, 1.54) is 5.71 Å². The standard InChI is InChI=1S/C8H14N2O.C2HF3O2/c1-8(2)3-7(10-11-8)6-4-9-5-6;3-2(4,5)1(6)7/h6,9H,3-5H2,1-2H3;(H,6,7). The van der Waals surface area contributed by atoms with Gasteiger partial charge in [-0.15, -0.1) is 0 Å². The maximum atomic E-state index is 10.6. The van der Waals surface area contributed by atoms with Crippen molar-refractivity contribution in [3.05, 3.63) is 0 Å². The molecule has 0 bridgehead atoms. The van der Waals surface area contributed by atoms with Gasteiger partial charge in [-0.25, -0.2) is 4.79 Å². The molecule has 0 spiro atoms. The van der Waals surface area contributed by atoms with Crippen LogP contribution in [-0.2, 0) is 9.63 Å². The van der Waals surface area contributed by atoms with Crippen molar-refractivity contribution in [3.63, 3.8) is 0 Å². The van der Waals surface area contributed by atoms with E-state index in [2.05, 4.69) is 24.3 Å². The highest BCUT2D eigenvalue weighted by Gasteiger charge is 2.38. The van der Waals surface area contributed by atoms with Crippen molar-refractivity contribution in [2.45, 2.75) is 32.0 Å². The number of hydrogen-bond acceptors (Lipinski definition) is 4. The molecule has 0 atom stereocenters. The molecule has 2 rings (SSSR count). The maximum Gasteiger partial charge on any atom is 0.490 e. The Morgan fingerprint density at radius 3 is 2.22 bits per heavy atom. The molecule has 0 aromatic rings. The van der Waals surface area contributed by atoms with Crippen molar-refractivity contribution in [1.29, 1.82) is 0 Å². The van der Waals surface area contributed by atoms with Gasteiger partial charge < -0.3 is 15.3 Å². The summed E-state index contributed by atoms with van der Waals surface area (Å²) in [6.45, 7) is 6.32. The molecule has 0 aliphatic carbocycles. The quantitative estimate of drug-likeness (QED) is 0.754. The molecule has 0 aromatic heterocycles. The first-order valence-corrected chi connectivity index (χ1v) is 5.37. The summed E-state index contributed by atoms with van der Waals surface area (Å²) in [7, 11) is 0. The third kappa shape index (κ3) is 4.17. The lowest BCUT2D eigenvalue weighted by molar-refractivity contribution is -0.192. The fraction of sp³-hybridized carbons (Fsp3) is 0.800. The Labute approximate surface area is 102 Å². The van der Waals surface area contributed by atoms with Crippen LogP contribution in [0, 0.1) is 5.92 Å². The Kier molecular flexibility index (Phi) is 4.20. The van der Waals surface area contributed by atoms with Gasteiger partial charge in [-0.2, -0.15) is 13.2 Å². The molecule has 0 aromatic carbocycles. The van der Waals surface area contributed by atoms with Gasteiger partial charge >= 0.3 is 12.1 Å². The van der Waals surface area contributed by atoms with Gasteiger partial charge in [0.25, 0.3) is 0 Å². The predicted molar refractivity (Wildman–Crippen MR) is 57.3 cm³/mol. The molecular weight excluding hydrogens is 253 g/mol. The molecule has 2 heterocycles. The summed E-state index contributed by atoms with van der Waals surface area (Å²) in [4.78, 5) is 14.2. The van der Waals surface area contributed by atoms with Crippen LogP contribution in [0.2, 0.25) is 0 Å². The molecule has 0 radical (unpaired) electrons. The number of hydrogen-bond donors (Lipinski definition) is 2. The van der Waals surface area contributed by atoms with E-state index in [1.54, 1.807) is 0 Å². The highest BCUT2D eigenvalue weighted by Crippen LogP contribution is 2.26. The zero-order valence-electron chi connectivity index (χ0n) is 10.0. The van der Waals surface area contributed by atoms with Gasteiger partial charge in [-0.3, -0.25) is 0 Å². The number of nitrogens with zero attached hydrogens (tertiary/aromatic N) is 1. The van der Waals surface area contributed by atoms with Crippen molar-refractivity contribution in [3.8, 4) is 0 Å². The van der Waals surface area contributed by atoms with Gasteiger partial charge in [-0.05, 0) is 13.8 Å². The molecule has 18 heavy (non-hydrogen) atoms. The number of rotatable bonds is 1. The Morgan fingerprint density at radius 1 is 1.50 bits per heavy atom. The van der Waals surface area contributed by atoms with E-state index in [4.69, 9.17) is 14.7 Å². The second-order valence-corrected chi connectivity index (χ2v) is 4.77. The highest BCUT2D eigenvalue weighted by molar-refractivity contribution is 5.89. The van der Waals surface area contributed by atoms with Crippen LogP contribution in [-0.4, -0.2) is 41.7 Å². The van der Waals surface area contributed by atoms with Crippen molar-refractivity contribution >= 4 is 11.7 Å². The van der Waals surface area contributed by atoms with Crippen LogP contribution in [0.15, 0.2) is 5.16 Å². The number of oxime groups is 1. The first-order chi connectivity index (χ1) is 8.12. The van der Waals surface area contributed by atoms with E-state index in [0.29, 0.717) is 5.92 Å². The summed E-state index contributed by atoms with van der Waals surface area (Å²) in [5, 5.41) is 14.4. The third-order valence-corrected chi connectivity index (χ3v) is 2.51. The van der Waals surface area contributed by atoms with Gasteiger partial charge in [0.15, 0.2) is 0 Å². The van der Waals surface area contributed by atoms with E-state index in [1.807, 2.05) is 0 Å². The Morgan fingerprint density at radius 2 is 2.00 bits per heavy atom. The molecule has 0 saturated carbocycles. The maximum absolute atomic E-state index is 10.6. The van der Waals surface area contributed by atoms with Crippen molar-refractivity contribution in [1.82, 2.24) is 5.32 Å². The topological polar surface area (TPSA) is 70.9 Å². The third-order valence-electron chi connectivity index (χ3n) is 2.51. The zero-order chi connectivity index (χ0) is 14.0. The van der Waals surface area contributed by atoms with E-state index < -0.39 is 12.1 Å². The number of halogens is 3. The summed E-state index contributed by atoms with van der Waals surface area (Å²) in [6.07, 6.45) is -4.08. The lowest BCUT2D eigenvalue weighted by Crippen LogP contribution is -2.46. The van der Waals surface area contributed by atoms with Crippen LogP contribution in [0.5, 0.6) is 0 Å².